The van der Waals surface area contributed by atoms with Gasteiger partial charge in [-0.1, -0.05) is 24.3 Å². The first-order chi connectivity index (χ1) is 13.0. The van der Waals surface area contributed by atoms with Gasteiger partial charge in [-0.05, 0) is 25.9 Å². The number of rotatable bonds is 10. The summed E-state index contributed by atoms with van der Waals surface area (Å²) in [5, 5.41) is 11.8. The van der Waals surface area contributed by atoms with Gasteiger partial charge in [-0.15, -0.1) is 16.8 Å². The van der Waals surface area contributed by atoms with Gasteiger partial charge in [0.1, 0.15) is 5.82 Å². The molecule has 0 saturated carbocycles. The van der Waals surface area contributed by atoms with Crippen molar-refractivity contribution in [3.05, 3.63) is 18.5 Å². The summed E-state index contributed by atoms with van der Waals surface area (Å²) in [4.78, 5) is 27.5. The number of amides is 2. The Balaban J connectivity index is 1.91. The summed E-state index contributed by atoms with van der Waals surface area (Å²) in [5.41, 5.74) is 0. The predicted molar refractivity (Wildman–Crippen MR) is 107 cm³/mol. The topological polar surface area (TPSA) is 83.4 Å². The molecule has 1 saturated heterocycles. The summed E-state index contributed by atoms with van der Waals surface area (Å²) in [7, 11) is 3.18. The molecular formula is C18H30N6O2S. The predicted octanol–water partition coefficient (Wildman–Crippen LogP) is 0.789. The zero-order chi connectivity index (χ0) is 19.6. The molecule has 1 fully saturated rings. The van der Waals surface area contributed by atoms with Crippen molar-refractivity contribution in [2.75, 3.05) is 46.0 Å². The minimum Gasteiger partial charge on any atom is -0.358 e. The molecule has 2 rings (SSSR count). The maximum absolute atomic E-state index is 12.2. The summed E-state index contributed by atoms with van der Waals surface area (Å²) in [6, 6.07) is 0. The van der Waals surface area contributed by atoms with Gasteiger partial charge in [-0.25, -0.2) is 0 Å². The molecule has 0 atom stereocenters. The van der Waals surface area contributed by atoms with E-state index in [0.717, 1.165) is 31.9 Å². The lowest BCUT2D eigenvalue weighted by molar-refractivity contribution is -0.132. The summed E-state index contributed by atoms with van der Waals surface area (Å²) in [6.45, 7) is 7.78. The molecule has 2 amide bonds. The number of nitrogens with zero attached hydrogens (tertiary/aromatic N) is 5. The Bertz CT molecular complexity index is 642. The lowest BCUT2D eigenvalue weighted by Crippen LogP contribution is -2.37. The van der Waals surface area contributed by atoms with Gasteiger partial charge in [-0.2, -0.15) is 0 Å². The largest absolute Gasteiger partial charge is 0.358 e. The van der Waals surface area contributed by atoms with Crippen molar-refractivity contribution in [3.8, 4) is 0 Å². The van der Waals surface area contributed by atoms with Crippen LogP contribution in [0.1, 0.15) is 25.1 Å². The zero-order valence-corrected chi connectivity index (χ0v) is 17.1. The second-order valence-corrected chi connectivity index (χ2v) is 7.60. The number of hydrogen-bond acceptors (Lipinski definition) is 6. The highest BCUT2D eigenvalue weighted by molar-refractivity contribution is 7.99. The molecule has 0 aromatic carbocycles. The Hall–Kier alpha value is -1.87. The van der Waals surface area contributed by atoms with Gasteiger partial charge in [0, 0.05) is 33.6 Å². The lowest BCUT2D eigenvalue weighted by atomic mass is 10.1. The van der Waals surface area contributed by atoms with Crippen molar-refractivity contribution in [1.82, 2.24) is 29.9 Å². The Morgan fingerprint density at radius 2 is 2.04 bits per heavy atom. The smallest absolute Gasteiger partial charge is 0.239 e. The van der Waals surface area contributed by atoms with Crippen molar-refractivity contribution in [3.63, 3.8) is 0 Å². The second kappa shape index (κ2) is 11.1. The first kappa shape index (κ1) is 21.4. The molecule has 1 aliphatic rings. The fourth-order valence-electron chi connectivity index (χ4n) is 2.98. The molecule has 1 aromatic heterocycles. The SMILES string of the molecule is C=CCn1c(CCN2CCCCC2)nnc1SCC(=O)N(C)CC(=O)NC. The van der Waals surface area contributed by atoms with Gasteiger partial charge < -0.3 is 19.7 Å². The van der Waals surface area contributed by atoms with Crippen LogP contribution in [0.15, 0.2) is 17.8 Å². The summed E-state index contributed by atoms with van der Waals surface area (Å²) in [5.74, 6) is 0.834. The van der Waals surface area contributed by atoms with Crippen LogP contribution in [-0.2, 0) is 22.6 Å². The molecular weight excluding hydrogens is 364 g/mol. The van der Waals surface area contributed by atoms with Crippen molar-refractivity contribution in [1.29, 1.82) is 0 Å². The van der Waals surface area contributed by atoms with E-state index in [1.807, 2.05) is 10.6 Å². The molecule has 0 unspecified atom stereocenters. The van der Waals surface area contributed by atoms with Gasteiger partial charge in [0.2, 0.25) is 11.8 Å². The summed E-state index contributed by atoms with van der Waals surface area (Å²) >= 11 is 1.35. The molecule has 1 aromatic rings. The zero-order valence-electron chi connectivity index (χ0n) is 16.3. The van der Waals surface area contributed by atoms with E-state index in [1.54, 1.807) is 14.1 Å². The van der Waals surface area contributed by atoms with Crippen LogP contribution in [0, 0.1) is 0 Å². The van der Waals surface area contributed by atoms with Gasteiger partial charge in [-0.3, -0.25) is 9.59 Å². The number of carbonyl (C=O) groups is 2. The molecule has 0 aliphatic carbocycles. The number of likely N-dealkylation sites (N-methyl/N-ethyl adjacent to an activating group) is 2. The van der Waals surface area contributed by atoms with Crippen LogP contribution in [0.2, 0.25) is 0 Å². The molecule has 0 radical (unpaired) electrons. The molecule has 9 heteroatoms. The quantitative estimate of drug-likeness (QED) is 0.467. The standard InChI is InChI=1S/C18H30N6O2S/c1-4-9-24-15(8-12-23-10-6-5-7-11-23)20-21-18(24)27-14-17(26)22(3)13-16(25)19-2/h4H,1,5-14H2,2-3H3,(H,19,25). The van der Waals surface area contributed by atoms with E-state index >= 15 is 0 Å². The number of allylic oxidation sites excluding steroid dienone is 1. The maximum atomic E-state index is 12.2. The molecule has 27 heavy (non-hydrogen) atoms. The number of nitrogens with one attached hydrogen (secondary N) is 1. The number of hydrogen-bond donors (Lipinski definition) is 1. The van der Waals surface area contributed by atoms with E-state index in [1.165, 1.54) is 35.9 Å². The summed E-state index contributed by atoms with van der Waals surface area (Å²) in [6.07, 6.45) is 6.52. The van der Waals surface area contributed by atoms with Crippen molar-refractivity contribution < 1.29 is 9.59 Å². The minimum absolute atomic E-state index is 0.0519. The highest BCUT2D eigenvalue weighted by Gasteiger charge is 2.17. The van der Waals surface area contributed by atoms with Crippen LogP contribution in [-0.4, -0.2) is 82.4 Å². The van der Waals surface area contributed by atoms with Crippen LogP contribution < -0.4 is 5.32 Å². The van der Waals surface area contributed by atoms with Crippen LogP contribution >= 0.6 is 11.8 Å². The average Bonchev–Trinajstić information content (AvgIpc) is 3.07. The molecule has 1 N–H and O–H groups in total. The Morgan fingerprint density at radius 3 is 2.70 bits per heavy atom. The molecule has 1 aliphatic heterocycles. The number of carbonyl (C=O) groups excluding carboxylic acids is 2. The van der Waals surface area contributed by atoms with E-state index in [2.05, 4.69) is 27.0 Å². The van der Waals surface area contributed by atoms with Crippen LogP contribution in [0.25, 0.3) is 0 Å². The monoisotopic (exact) mass is 394 g/mol. The van der Waals surface area contributed by atoms with Crippen LogP contribution in [0.4, 0.5) is 0 Å². The number of thioether (sulfide) groups is 1. The van der Waals surface area contributed by atoms with Gasteiger partial charge >= 0.3 is 0 Å². The second-order valence-electron chi connectivity index (χ2n) is 6.66. The van der Waals surface area contributed by atoms with E-state index in [0.29, 0.717) is 11.7 Å². The third kappa shape index (κ3) is 6.66. The first-order valence-corrected chi connectivity index (χ1v) is 10.4. The van der Waals surface area contributed by atoms with Gasteiger partial charge in [0.25, 0.3) is 0 Å². The molecule has 0 bridgehead atoms. The van der Waals surface area contributed by atoms with Crippen LogP contribution in [0.3, 0.4) is 0 Å². The third-order valence-electron chi connectivity index (χ3n) is 4.62. The third-order valence-corrected chi connectivity index (χ3v) is 5.57. The van der Waals surface area contributed by atoms with Crippen molar-refractivity contribution >= 4 is 23.6 Å². The minimum atomic E-state index is -0.189. The van der Waals surface area contributed by atoms with E-state index in [-0.39, 0.29) is 24.1 Å². The Labute approximate surface area is 165 Å². The van der Waals surface area contributed by atoms with E-state index < -0.39 is 0 Å². The molecule has 150 valence electrons. The van der Waals surface area contributed by atoms with Gasteiger partial charge in [0.15, 0.2) is 5.16 Å². The number of likely N-dealkylation sites (tertiary alicyclic amines) is 1. The highest BCUT2D eigenvalue weighted by Crippen LogP contribution is 2.18. The van der Waals surface area contributed by atoms with E-state index in [4.69, 9.17) is 0 Å². The average molecular weight is 395 g/mol. The number of aromatic nitrogens is 3. The molecule has 2 heterocycles. The maximum Gasteiger partial charge on any atom is 0.239 e. The first-order valence-electron chi connectivity index (χ1n) is 9.37. The fourth-order valence-corrected chi connectivity index (χ4v) is 3.89. The van der Waals surface area contributed by atoms with E-state index in [9.17, 15) is 9.59 Å². The summed E-state index contributed by atoms with van der Waals surface area (Å²) < 4.78 is 2.02. The van der Waals surface area contributed by atoms with Gasteiger partial charge in [0.05, 0.1) is 12.3 Å². The Morgan fingerprint density at radius 1 is 1.30 bits per heavy atom. The fraction of sp³-hybridized carbons (Fsp3) is 0.667. The number of piperidine rings is 1. The van der Waals surface area contributed by atoms with Crippen molar-refractivity contribution in [2.45, 2.75) is 37.4 Å². The lowest BCUT2D eigenvalue weighted by Gasteiger charge is -2.26. The highest BCUT2D eigenvalue weighted by atomic mass is 32.2. The van der Waals surface area contributed by atoms with Crippen molar-refractivity contribution in [2.24, 2.45) is 0 Å². The normalized spacial score (nSPS) is 14.7. The van der Waals surface area contributed by atoms with Crippen LogP contribution in [0.5, 0.6) is 0 Å². The molecule has 8 nitrogen and oxygen atoms in total. The molecule has 0 spiro atoms. The Kier molecular flexibility index (Phi) is 8.80.